The molecular weight excluding hydrogens is 366 g/mol. The molecule has 142 valence electrons. The monoisotopic (exact) mass is 385 g/mol. The van der Waals surface area contributed by atoms with Crippen LogP contribution in [0.25, 0.3) is 43.8 Å². The second-order valence-corrected chi connectivity index (χ2v) is 7.51. The van der Waals surface area contributed by atoms with E-state index in [0.29, 0.717) is 0 Å². The predicted octanol–water partition coefficient (Wildman–Crippen LogP) is 8.15. The number of hydrogen-bond donors (Lipinski definition) is 1. The first kappa shape index (κ1) is 16.9. The Morgan fingerprint density at radius 2 is 1.23 bits per heavy atom. The molecule has 0 saturated heterocycles. The quantitative estimate of drug-likeness (QED) is 0.332. The topological polar surface area (TPSA) is 25.2 Å². The summed E-state index contributed by atoms with van der Waals surface area (Å²) in [7, 11) is 0. The molecule has 0 spiro atoms. The molecule has 1 aromatic heterocycles. The minimum Gasteiger partial charge on any atom is -0.456 e. The molecule has 0 radical (unpaired) electrons. The zero-order valence-corrected chi connectivity index (χ0v) is 16.3. The van der Waals surface area contributed by atoms with Crippen molar-refractivity contribution in [3.05, 3.63) is 109 Å². The van der Waals surface area contributed by atoms with E-state index in [9.17, 15) is 0 Å². The summed E-state index contributed by atoms with van der Waals surface area (Å²) >= 11 is 0. The lowest BCUT2D eigenvalue weighted by molar-refractivity contribution is 0.669. The SMILES string of the molecule is c1ccc2c(-c3ccc(Nc4cccc5oc6ccccc6c45)cc3)cccc2c1. The molecule has 0 bridgehead atoms. The van der Waals surface area contributed by atoms with Crippen LogP contribution in [0.4, 0.5) is 11.4 Å². The van der Waals surface area contributed by atoms with Crippen molar-refractivity contribution in [2.24, 2.45) is 0 Å². The van der Waals surface area contributed by atoms with Gasteiger partial charge in [-0.25, -0.2) is 0 Å². The van der Waals surface area contributed by atoms with E-state index in [1.54, 1.807) is 0 Å². The highest BCUT2D eigenvalue weighted by Crippen LogP contribution is 2.36. The van der Waals surface area contributed by atoms with Gasteiger partial charge < -0.3 is 9.73 Å². The number of anilines is 2. The zero-order valence-electron chi connectivity index (χ0n) is 16.3. The molecule has 0 amide bonds. The largest absolute Gasteiger partial charge is 0.456 e. The first-order valence-corrected chi connectivity index (χ1v) is 10.1. The summed E-state index contributed by atoms with van der Waals surface area (Å²) in [6, 6.07) is 37.9. The van der Waals surface area contributed by atoms with E-state index in [1.807, 2.05) is 30.3 Å². The third kappa shape index (κ3) is 2.73. The highest BCUT2D eigenvalue weighted by atomic mass is 16.3. The van der Waals surface area contributed by atoms with Gasteiger partial charge in [0.25, 0.3) is 0 Å². The predicted molar refractivity (Wildman–Crippen MR) is 126 cm³/mol. The Morgan fingerprint density at radius 3 is 2.13 bits per heavy atom. The third-order valence-electron chi connectivity index (χ3n) is 5.67. The lowest BCUT2D eigenvalue weighted by atomic mass is 9.98. The maximum atomic E-state index is 6.01. The third-order valence-corrected chi connectivity index (χ3v) is 5.67. The van der Waals surface area contributed by atoms with Gasteiger partial charge in [0.05, 0.1) is 11.1 Å². The number of hydrogen-bond acceptors (Lipinski definition) is 2. The van der Waals surface area contributed by atoms with Gasteiger partial charge in [0.15, 0.2) is 0 Å². The Kier molecular flexibility index (Phi) is 3.82. The smallest absolute Gasteiger partial charge is 0.137 e. The molecule has 1 N–H and O–H groups in total. The summed E-state index contributed by atoms with van der Waals surface area (Å²) in [6.07, 6.45) is 0. The van der Waals surface area contributed by atoms with Gasteiger partial charge in [-0.15, -0.1) is 0 Å². The molecule has 6 aromatic rings. The van der Waals surface area contributed by atoms with Crippen LogP contribution in [0.15, 0.2) is 114 Å². The van der Waals surface area contributed by atoms with Crippen LogP contribution in [-0.4, -0.2) is 0 Å². The Balaban J connectivity index is 1.39. The molecule has 2 heteroatoms. The second kappa shape index (κ2) is 6.78. The maximum absolute atomic E-state index is 6.01. The molecule has 0 aliphatic rings. The number of para-hydroxylation sites is 1. The molecule has 0 aliphatic heterocycles. The maximum Gasteiger partial charge on any atom is 0.137 e. The van der Waals surface area contributed by atoms with Gasteiger partial charge in [-0.1, -0.05) is 78.9 Å². The van der Waals surface area contributed by atoms with Crippen molar-refractivity contribution in [2.75, 3.05) is 5.32 Å². The highest BCUT2D eigenvalue weighted by molar-refractivity contribution is 6.12. The van der Waals surface area contributed by atoms with Gasteiger partial charge in [0.1, 0.15) is 11.2 Å². The number of nitrogens with one attached hydrogen (secondary N) is 1. The van der Waals surface area contributed by atoms with Crippen LogP contribution in [0.3, 0.4) is 0 Å². The van der Waals surface area contributed by atoms with E-state index in [1.165, 1.54) is 21.9 Å². The number of fused-ring (bicyclic) bond motifs is 4. The van der Waals surface area contributed by atoms with E-state index >= 15 is 0 Å². The Labute approximate surface area is 174 Å². The fourth-order valence-corrected chi connectivity index (χ4v) is 4.24. The molecule has 2 nitrogen and oxygen atoms in total. The lowest BCUT2D eigenvalue weighted by Crippen LogP contribution is -1.91. The van der Waals surface area contributed by atoms with Gasteiger partial charge in [0.2, 0.25) is 0 Å². The van der Waals surface area contributed by atoms with E-state index in [4.69, 9.17) is 4.42 Å². The van der Waals surface area contributed by atoms with E-state index < -0.39 is 0 Å². The van der Waals surface area contributed by atoms with Gasteiger partial charge >= 0.3 is 0 Å². The summed E-state index contributed by atoms with van der Waals surface area (Å²) < 4.78 is 6.01. The van der Waals surface area contributed by atoms with Gasteiger partial charge in [0, 0.05) is 11.1 Å². The normalized spacial score (nSPS) is 11.3. The van der Waals surface area contributed by atoms with Gasteiger partial charge in [-0.3, -0.25) is 0 Å². The Bertz CT molecular complexity index is 1500. The average molecular weight is 385 g/mol. The first-order valence-electron chi connectivity index (χ1n) is 10.1. The molecule has 0 aliphatic carbocycles. The Morgan fingerprint density at radius 1 is 0.533 bits per heavy atom. The van der Waals surface area contributed by atoms with Crippen LogP contribution in [0.5, 0.6) is 0 Å². The summed E-state index contributed by atoms with van der Waals surface area (Å²) in [6.45, 7) is 0. The zero-order chi connectivity index (χ0) is 19.9. The molecule has 1 heterocycles. The van der Waals surface area contributed by atoms with Gasteiger partial charge in [-0.2, -0.15) is 0 Å². The van der Waals surface area contributed by atoms with Crippen LogP contribution < -0.4 is 5.32 Å². The second-order valence-electron chi connectivity index (χ2n) is 7.51. The number of furan rings is 1. The molecule has 0 saturated carbocycles. The van der Waals surface area contributed by atoms with Crippen LogP contribution >= 0.6 is 0 Å². The Hall–Kier alpha value is -4.04. The van der Waals surface area contributed by atoms with Crippen molar-refractivity contribution in [3.8, 4) is 11.1 Å². The highest BCUT2D eigenvalue weighted by Gasteiger charge is 2.11. The molecule has 0 unspecified atom stereocenters. The van der Waals surface area contributed by atoms with Crippen molar-refractivity contribution in [2.45, 2.75) is 0 Å². The van der Waals surface area contributed by atoms with Crippen LogP contribution in [0.1, 0.15) is 0 Å². The number of rotatable bonds is 3. The molecule has 30 heavy (non-hydrogen) atoms. The van der Waals surface area contributed by atoms with Crippen molar-refractivity contribution in [3.63, 3.8) is 0 Å². The van der Waals surface area contributed by atoms with Crippen molar-refractivity contribution >= 4 is 44.1 Å². The van der Waals surface area contributed by atoms with E-state index in [-0.39, 0.29) is 0 Å². The number of benzene rings is 5. The summed E-state index contributed by atoms with van der Waals surface area (Å²) in [4.78, 5) is 0. The van der Waals surface area contributed by atoms with Crippen LogP contribution in [-0.2, 0) is 0 Å². The van der Waals surface area contributed by atoms with Crippen molar-refractivity contribution in [1.29, 1.82) is 0 Å². The summed E-state index contributed by atoms with van der Waals surface area (Å²) in [5.74, 6) is 0. The first-order chi connectivity index (χ1) is 14.9. The standard InChI is InChI=1S/C28H19NO/c1-2-9-22-19(7-1)8-5-11-23(22)20-15-17-21(18-16-20)29-25-12-6-14-27-28(25)24-10-3-4-13-26(24)30-27/h1-18,29H. The molecular formula is C28H19NO. The summed E-state index contributed by atoms with van der Waals surface area (Å²) in [5, 5.41) is 8.36. The van der Waals surface area contributed by atoms with Crippen LogP contribution in [0.2, 0.25) is 0 Å². The lowest BCUT2D eigenvalue weighted by Gasteiger charge is -2.10. The fourth-order valence-electron chi connectivity index (χ4n) is 4.24. The summed E-state index contributed by atoms with van der Waals surface area (Å²) in [5.41, 5.74) is 6.38. The van der Waals surface area contributed by atoms with Gasteiger partial charge in [-0.05, 0) is 52.2 Å². The minimum atomic E-state index is 0.897. The van der Waals surface area contributed by atoms with Crippen LogP contribution in [0, 0.1) is 0 Å². The van der Waals surface area contributed by atoms with E-state index in [2.05, 4.69) is 84.2 Å². The molecule has 0 fully saturated rings. The van der Waals surface area contributed by atoms with Crippen molar-refractivity contribution < 1.29 is 4.42 Å². The van der Waals surface area contributed by atoms with E-state index in [0.717, 1.165) is 33.3 Å². The fraction of sp³-hybridized carbons (Fsp3) is 0. The van der Waals surface area contributed by atoms with Crippen molar-refractivity contribution in [1.82, 2.24) is 0 Å². The molecule has 5 aromatic carbocycles. The minimum absolute atomic E-state index is 0.897. The molecule has 0 atom stereocenters. The average Bonchev–Trinajstić information content (AvgIpc) is 3.19. The molecule has 6 rings (SSSR count).